The number of hydrogen-bond donors (Lipinski definition) is 1. The summed E-state index contributed by atoms with van der Waals surface area (Å²) in [6, 6.07) is 4.74. The second-order valence-electron chi connectivity index (χ2n) is 5.66. The van der Waals surface area contributed by atoms with Crippen molar-refractivity contribution in [2.75, 3.05) is 13.2 Å². The van der Waals surface area contributed by atoms with Crippen LogP contribution >= 0.6 is 0 Å². The number of nitrogens with zero attached hydrogens (tertiary/aromatic N) is 3. The molecule has 1 aromatic heterocycles. The molecule has 0 saturated carbocycles. The maximum Gasteiger partial charge on any atom is 0.273 e. The van der Waals surface area contributed by atoms with Gasteiger partial charge in [0.15, 0.2) is 5.69 Å². The highest BCUT2D eigenvalue weighted by atomic mass is 19.1. The molecule has 0 spiro atoms. The Balaban J connectivity index is 1.78. The number of benzene rings is 1. The summed E-state index contributed by atoms with van der Waals surface area (Å²) in [5.74, 6) is -0.611. The summed E-state index contributed by atoms with van der Waals surface area (Å²) in [5, 5.41) is 10.8. The molecule has 0 radical (unpaired) electrons. The average molecular weight is 318 g/mol. The highest BCUT2D eigenvalue weighted by Crippen LogP contribution is 2.19. The third kappa shape index (κ3) is 3.10. The number of amides is 1. The molecule has 1 atom stereocenters. The smallest absolute Gasteiger partial charge is 0.273 e. The fraction of sp³-hybridized carbons (Fsp3) is 0.438. The third-order valence-corrected chi connectivity index (χ3v) is 4.09. The summed E-state index contributed by atoms with van der Waals surface area (Å²) in [6.07, 6.45) is 2.04. The first-order chi connectivity index (χ1) is 11.1. The van der Waals surface area contributed by atoms with E-state index in [2.05, 4.69) is 15.6 Å². The van der Waals surface area contributed by atoms with Gasteiger partial charge in [0.2, 0.25) is 0 Å². The van der Waals surface area contributed by atoms with E-state index >= 15 is 0 Å². The van der Waals surface area contributed by atoms with E-state index in [1.54, 1.807) is 26.0 Å². The van der Waals surface area contributed by atoms with Gasteiger partial charge >= 0.3 is 0 Å². The summed E-state index contributed by atoms with van der Waals surface area (Å²) >= 11 is 0. The summed E-state index contributed by atoms with van der Waals surface area (Å²) in [6.45, 7) is 4.62. The molecule has 0 bridgehead atoms. The van der Waals surface area contributed by atoms with Gasteiger partial charge in [0.05, 0.1) is 17.5 Å². The summed E-state index contributed by atoms with van der Waals surface area (Å²) < 4.78 is 20.7. The zero-order valence-electron chi connectivity index (χ0n) is 13.2. The molecular weight excluding hydrogens is 299 g/mol. The van der Waals surface area contributed by atoms with Crippen LogP contribution in [0.15, 0.2) is 18.2 Å². The Labute approximate surface area is 133 Å². The number of carbonyl (C=O) groups is 1. The third-order valence-electron chi connectivity index (χ3n) is 4.09. The lowest BCUT2D eigenvalue weighted by Gasteiger charge is -2.10. The van der Waals surface area contributed by atoms with Gasteiger partial charge in [0.25, 0.3) is 5.91 Å². The Morgan fingerprint density at radius 3 is 3.04 bits per heavy atom. The molecular formula is C16H19FN4O2. The fourth-order valence-corrected chi connectivity index (χ4v) is 2.69. The minimum absolute atomic E-state index is 0.0692. The van der Waals surface area contributed by atoms with Crippen molar-refractivity contribution >= 4 is 5.91 Å². The molecule has 0 unspecified atom stereocenters. The van der Waals surface area contributed by atoms with Crippen LogP contribution in [0.4, 0.5) is 4.39 Å². The summed E-state index contributed by atoms with van der Waals surface area (Å²) in [4.78, 5) is 12.3. The van der Waals surface area contributed by atoms with Gasteiger partial charge in [-0.15, -0.1) is 5.10 Å². The molecule has 122 valence electrons. The van der Waals surface area contributed by atoms with E-state index in [0.717, 1.165) is 19.4 Å². The molecule has 1 fully saturated rings. The summed E-state index contributed by atoms with van der Waals surface area (Å²) in [7, 11) is 0. The minimum atomic E-state index is -0.318. The Morgan fingerprint density at radius 1 is 1.48 bits per heavy atom. The number of ether oxygens (including phenoxy) is 1. The van der Waals surface area contributed by atoms with Crippen LogP contribution in [0.1, 0.15) is 34.6 Å². The standard InChI is InChI=1S/C16H19FN4O2/c1-10-13(17)6-3-7-14(10)21-11(2)15(19-20-21)16(22)18-9-12-5-4-8-23-12/h3,6-7,12H,4-5,8-9H2,1-2H3,(H,18,22)/t12-/m1/s1. The van der Waals surface area contributed by atoms with Crippen LogP contribution in [0.5, 0.6) is 0 Å². The van der Waals surface area contributed by atoms with Crippen molar-refractivity contribution in [3.8, 4) is 5.69 Å². The van der Waals surface area contributed by atoms with Crippen molar-refractivity contribution in [1.29, 1.82) is 0 Å². The molecule has 1 N–H and O–H groups in total. The van der Waals surface area contributed by atoms with E-state index in [4.69, 9.17) is 4.74 Å². The van der Waals surface area contributed by atoms with Crippen LogP contribution < -0.4 is 5.32 Å². The lowest BCUT2D eigenvalue weighted by molar-refractivity contribution is 0.0853. The predicted octanol–water partition coefficient (Wildman–Crippen LogP) is 1.93. The zero-order valence-corrected chi connectivity index (χ0v) is 13.2. The predicted molar refractivity (Wildman–Crippen MR) is 82.1 cm³/mol. The molecule has 1 amide bonds. The van der Waals surface area contributed by atoms with E-state index in [-0.39, 0.29) is 23.5 Å². The molecule has 3 rings (SSSR count). The van der Waals surface area contributed by atoms with Gasteiger partial charge in [-0.25, -0.2) is 9.07 Å². The minimum Gasteiger partial charge on any atom is -0.376 e. The molecule has 1 aliphatic heterocycles. The van der Waals surface area contributed by atoms with E-state index in [1.165, 1.54) is 10.7 Å². The molecule has 7 heteroatoms. The maximum absolute atomic E-state index is 13.7. The number of nitrogens with one attached hydrogen (secondary N) is 1. The van der Waals surface area contributed by atoms with Gasteiger partial charge in [0.1, 0.15) is 5.82 Å². The van der Waals surface area contributed by atoms with Crippen molar-refractivity contribution in [3.05, 3.63) is 41.0 Å². The Morgan fingerprint density at radius 2 is 2.30 bits per heavy atom. The molecule has 6 nitrogen and oxygen atoms in total. The second kappa shape index (κ2) is 6.45. The Kier molecular flexibility index (Phi) is 4.38. The summed E-state index contributed by atoms with van der Waals surface area (Å²) in [5.41, 5.74) is 1.86. The first-order valence-corrected chi connectivity index (χ1v) is 7.65. The van der Waals surface area contributed by atoms with Crippen molar-refractivity contribution < 1.29 is 13.9 Å². The molecule has 1 aromatic carbocycles. The van der Waals surface area contributed by atoms with E-state index in [9.17, 15) is 9.18 Å². The monoisotopic (exact) mass is 318 g/mol. The zero-order chi connectivity index (χ0) is 16.4. The van der Waals surface area contributed by atoms with Crippen LogP contribution in [-0.4, -0.2) is 40.2 Å². The van der Waals surface area contributed by atoms with Gasteiger partial charge in [-0.2, -0.15) is 0 Å². The average Bonchev–Trinajstić information content (AvgIpc) is 3.18. The maximum atomic E-state index is 13.7. The molecule has 0 aliphatic carbocycles. The van der Waals surface area contributed by atoms with Gasteiger partial charge in [-0.05, 0) is 38.8 Å². The van der Waals surface area contributed by atoms with Crippen LogP contribution in [-0.2, 0) is 4.74 Å². The van der Waals surface area contributed by atoms with Gasteiger partial charge in [-0.3, -0.25) is 4.79 Å². The number of aromatic nitrogens is 3. The van der Waals surface area contributed by atoms with Crippen molar-refractivity contribution in [2.45, 2.75) is 32.8 Å². The van der Waals surface area contributed by atoms with E-state index < -0.39 is 0 Å². The lowest BCUT2D eigenvalue weighted by atomic mass is 10.2. The highest BCUT2D eigenvalue weighted by molar-refractivity contribution is 5.93. The molecule has 1 saturated heterocycles. The van der Waals surface area contributed by atoms with Crippen LogP contribution in [0, 0.1) is 19.7 Å². The largest absolute Gasteiger partial charge is 0.376 e. The second-order valence-corrected chi connectivity index (χ2v) is 5.66. The van der Waals surface area contributed by atoms with Gasteiger partial charge in [-0.1, -0.05) is 11.3 Å². The first-order valence-electron chi connectivity index (χ1n) is 7.65. The SMILES string of the molecule is Cc1c(F)cccc1-n1nnc(C(=O)NC[C@H]2CCCO2)c1C. The van der Waals surface area contributed by atoms with Crippen LogP contribution in [0.2, 0.25) is 0 Å². The normalized spacial score (nSPS) is 17.4. The number of hydrogen-bond acceptors (Lipinski definition) is 4. The van der Waals surface area contributed by atoms with Gasteiger partial charge < -0.3 is 10.1 Å². The first kappa shape index (κ1) is 15.6. The van der Waals surface area contributed by atoms with E-state index in [0.29, 0.717) is 23.5 Å². The lowest BCUT2D eigenvalue weighted by Crippen LogP contribution is -2.32. The Bertz CT molecular complexity index is 723. The molecule has 1 aliphatic rings. The highest BCUT2D eigenvalue weighted by Gasteiger charge is 2.21. The topological polar surface area (TPSA) is 69.0 Å². The molecule has 2 heterocycles. The number of rotatable bonds is 4. The molecule has 23 heavy (non-hydrogen) atoms. The van der Waals surface area contributed by atoms with Crippen molar-refractivity contribution in [1.82, 2.24) is 20.3 Å². The Hall–Kier alpha value is -2.28. The van der Waals surface area contributed by atoms with E-state index in [1.807, 2.05) is 0 Å². The quantitative estimate of drug-likeness (QED) is 0.935. The van der Waals surface area contributed by atoms with Gasteiger partial charge in [0, 0.05) is 18.7 Å². The van der Waals surface area contributed by atoms with Crippen molar-refractivity contribution in [2.24, 2.45) is 0 Å². The number of carbonyl (C=O) groups excluding carboxylic acids is 1. The van der Waals surface area contributed by atoms with Crippen LogP contribution in [0.3, 0.4) is 0 Å². The van der Waals surface area contributed by atoms with Crippen molar-refractivity contribution in [3.63, 3.8) is 0 Å². The molecule has 2 aromatic rings. The fourth-order valence-electron chi connectivity index (χ4n) is 2.69. The van der Waals surface area contributed by atoms with Crippen LogP contribution in [0.25, 0.3) is 5.69 Å². The number of halogens is 1.